The maximum atomic E-state index is 10.9. The fourth-order valence-electron chi connectivity index (χ4n) is 4.40. The van der Waals surface area contributed by atoms with Gasteiger partial charge in [-0.15, -0.1) is 0 Å². The fraction of sp³-hybridized carbons (Fsp3) is 0.500. The number of hydrogen-bond acceptors (Lipinski definition) is 3. The monoisotopic (exact) mass is 285 g/mol. The number of likely N-dealkylation sites (N-methyl/N-ethyl adjacent to an activating group) is 1. The van der Waals surface area contributed by atoms with Crippen molar-refractivity contribution in [3.05, 3.63) is 45.6 Å². The third kappa shape index (κ3) is 1.95. The molecule has 21 heavy (non-hydrogen) atoms. The third-order valence-electron chi connectivity index (χ3n) is 5.22. The van der Waals surface area contributed by atoms with Crippen LogP contribution in [0, 0.1) is 16.0 Å². The minimum Gasteiger partial charge on any atom is -0.361 e. The first-order valence-electron chi connectivity index (χ1n) is 7.54. The van der Waals surface area contributed by atoms with E-state index in [4.69, 9.17) is 0 Å². The van der Waals surface area contributed by atoms with Crippen molar-refractivity contribution in [1.82, 2.24) is 9.88 Å². The van der Waals surface area contributed by atoms with E-state index < -0.39 is 0 Å². The Labute approximate surface area is 123 Å². The molecule has 1 N–H and O–H groups in total. The second-order valence-electron chi connectivity index (χ2n) is 6.52. The van der Waals surface area contributed by atoms with Gasteiger partial charge in [-0.2, -0.15) is 0 Å². The van der Waals surface area contributed by atoms with E-state index >= 15 is 0 Å². The van der Waals surface area contributed by atoms with E-state index in [2.05, 4.69) is 41.3 Å². The SMILES string of the molecule is CN1C[C@H](C[N+](=O)[O-])C[C@@H]2c3cccc4[nH]cc(c34)C[C@H]21. The predicted molar refractivity (Wildman–Crippen MR) is 81.1 cm³/mol. The molecule has 0 bridgehead atoms. The molecule has 4 rings (SSSR count). The highest BCUT2D eigenvalue weighted by molar-refractivity contribution is 5.88. The lowest BCUT2D eigenvalue weighted by Crippen LogP contribution is -2.49. The summed E-state index contributed by atoms with van der Waals surface area (Å²) in [7, 11) is 2.11. The van der Waals surface area contributed by atoms with E-state index in [1.165, 1.54) is 22.0 Å². The van der Waals surface area contributed by atoms with Gasteiger partial charge in [-0.1, -0.05) is 12.1 Å². The lowest BCUT2D eigenvalue weighted by molar-refractivity contribution is -0.489. The first-order chi connectivity index (χ1) is 10.1. The Hall–Kier alpha value is -1.88. The standard InChI is InChI=1S/C16H19N3O2/c1-18-8-10(9-19(20)21)5-13-12-3-2-4-14-16(12)11(7-17-14)6-15(13)18/h2-4,7,10,13,15,17H,5-6,8-9H2,1H3/t10-,13-,15-/m1/s1. The molecule has 5 nitrogen and oxygen atoms in total. The van der Waals surface area contributed by atoms with Gasteiger partial charge in [0.15, 0.2) is 0 Å². The van der Waals surface area contributed by atoms with Crippen LogP contribution in [-0.2, 0) is 6.42 Å². The van der Waals surface area contributed by atoms with Gasteiger partial charge in [0.25, 0.3) is 0 Å². The molecule has 2 aromatic rings. The Morgan fingerprint density at radius 1 is 1.48 bits per heavy atom. The van der Waals surface area contributed by atoms with Crippen molar-refractivity contribution in [3.8, 4) is 0 Å². The van der Waals surface area contributed by atoms with Gasteiger partial charge in [0.2, 0.25) is 6.54 Å². The number of likely N-dealkylation sites (tertiary alicyclic amines) is 1. The maximum Gasteiger partial charge on any atom is 0.207 e. The molecule has 5 heteroatoms. The Morgan fingerprint density at radius 3 is 3.14 bits per heavy atom. The van der Waals surface area contributed by atoms with E-state index in [1.807, 2.05) is 0 Å². The zero-order valence-corrected chi connectivity index (χ0v) is 12.1. The molecule has 1 aliphatic carbocycles. The van der Waals surface area contributed by atoms with Crippen LogP contribution in [0.1, 0.15) is 23.5 Å². The summed E-state index contributed by atoms with van der Waals surface area (Å²) < 4.78 is 0. The van der Waals surface area contributed by atoms with Gasteiger partial charge in [-0.25, -0.2) is 0 Å². The van der Waals surface area contributed by atoms with Crippen LogP contribution in [0.3, 0.4) is 0 Å². The van der Waals surface area contributed by atoms with Gasteiger partial charge in [-0.3, -0.25) is 10.1 Å². The topological polar surface area (TPSA) is 62.2 Å². The highest BCUT2D eigenvalue weighted by Gasteiger charge is 2.40. The molecule has 1 saturated heterocycles. The Morgan fingerprint density at radius 2 is 2.33 bits per heavy atom. The molecule has 0 saturated carbocycles. The number of nitrogens with zero attached hydrogens (tertiary/aromatic N) is 2. The number of nitrogens with one attached hydrogen (secondary N) is 1. The number of fused-ring (bicyclic) bond motifs is 2. The molecule has 1 aliphatic heterocycles. The number of piperidine rings is 1. The molecular weight excluding hydrogens is 266 g/mol. The average Bonchev–Trinajstić information content (AvgIpc) is 2.84. The van der Waals surface area contributed by atoms with Crippen LogP contribution in [0.15, 0.2) is 24.4 Å². The van der Waals surface area contributed by atoms with E-state index in [0.717, 1.165) is 19.4 Å². The van der Waals surface area contributed by atoms with Crippen LogP contribution < -0.4 is 0 Å². The number of H-pyrrole nitrogens is 1. The van der Waals surface area contributed by atoms with Crippen LogP contribution in [0.2, 0.25) is 0 Å². The molecule has 0 spiro atoms. The van der Waals surface area contributed by atoms with Crippen molar-refractivity contribution in [3.63, 3.8) is 0 Å². The smallest absolute Gasteiger partial charge is 0.207 e. The van der Waals surface area contributed by atoms with Crippen molar-refractivity contribution < 1.29 is 4.92 Å². The number of benzene rings is 1. The number of hydrogen-bond donors (Lipinski definition) is 1. The van der Waals surface area contributed by atoms with E-state index in [0.29, 0.717) is 12.0 Å². The summed E-state index contributed by atoms with van der Waals surface area (Å²) in [4.78, 5) is 16.4. The molecule has 1 fully saturated rings. The van der Waals surface area contributed by atoms with Gasteiger partial charge in [0.1, 0.15) is 0 Å². The second-order valence-corrected chi connectivity index (χ2v) is 6.52. The van der Waals surface area contributed by atoms with Crippen LogP contribution in [0.25, 0.3) is 10.9 Å². The normalized spacial score (nSPS) is 28.5. The summed E-state index contributed by atoms with van der Waals surface area (Å²) in [6.07, 6.45) is 4.10. The summed E-state index contributed by atoms with van der Waals surface area (Å²) in [5.74, 6) is 0.572. The van der Waals surface area contributed by atoms with Crippen molar-refractivity contribution >= 4 is 10.9 Å². The quantitative estimate of drug-likeness (QED) is 0.681. The van der Waals surface area contributed by atoms with Crippen molar-refractivity contribution in [2.24, 2.45) is 5.92 Å². The van der Waals surface area contributed by atoms with Gasteiger partial charge in [-0.05, 0) is 37.1 Å². The number of nitro groups is 1. The summed E-state index contributed by atoms with van der Waals surface area (Å²) >= 11 is 0. The van der Waals surface area contributed by atoms with Gasteiger partial charge < -0.3 is 9.88 Å². The molecule has 0 amide bonds. The first-order valence-corrected chi connectivity index (χ1v) is 7.54. The molecule has 1 aromatic heterocycles. The summed E-state index contributed by atoms with van der Waals surface area (Å²) in [5.41, 5.74) is 3.96. The molecule has 0 unspecified atom stereocenters. The summed E-state index contributed by atoms with van der Waals surface area (Å²) in [6.45, 7) is 0.918. The van der Waals surface area contributed by atoms with Gasteiger partial charge >= 0.3 is 0 Å². The van der Waals surface area contributed by atoms with Crippen LogP contribution in [0.4, 0.5) is 0 Å². The zero-order valence-electron chi connectivity index (χ0n) is 12.1. The molecule has 0 radical (unpaired) electrons. The maximum absolute atomic E-state index is 10.9. The highest BCUT2D eigenvalue weighted by atomic mass is 16.6. The molecule has 2 heterocycles. The lowest BCUT2D eigenvalue weighted by Gasteiger charge is -2.44. The predicted octanol–water partition coefficient (Wildman–Crippen LogP) is 2.40. The first kappa shape index (κ1) is 12.8. The van der Waals surface area contributed by atoms with E-state index in [9.17, 15) is 10.1 Å². The minimum absolute atomic E-state index is 0.0868. The summed E-state index contributed by atoms with van der Waals surface area (Å²) in [6, 6.07) is 6.89. The van der Waals surface area contributed by atoms with Crippen molar-refractivity contribution in [2.75, 3.05) is 20.1 Å². The Balaban J connectivity index is 1.76. The van der Waals surface area contributed by atoms with E-state index in [1.54, 1.807) is 0 Å². The number of aromatic nitrogens is 1. The van der Waals surface area contributed by atoms with Crippen molar-refractivity contribution in [2.45, 2.75) is 24.8 Å². The largest absolute Gasteiger partial charge is 0.361 e. The molecular formula is C16H19N3O2. The lowest BCUT2D eigenvalue weighted by atomic mass is 9.72. The summed E-state index contributed by atoms with van der Waals surface area (Å²) in [5, 5.41) is 12.2. The molecule has 110 valence electrons. The second kappa shape index (κ2) is 4.56. The zero-order chi connectivity index (χ0) is 14.6. The van der Waals surface area contributed by atoms with E-state index in [-0.39, 0.29) is 17.4 Å². The van der Waals surface area contributed by atoms with Crippen molar-refractivity contribution in [1.29, 1.82) is 0 Å². The molecule has 2 aliphatic rings. The Kier molecular flexibility index (Phi) is 2.79. The minimum atomic E-state index is -0.163. The highest BCUT2D eigenvalue weighted by Crippen LogP contribution is 2.44. The molecule has 1 aromatic carbocycles. The van der Waals surface area contributed by atoms with Gasteiger partial charge in [0, 0.05) is 46.4 Å². The number of rotatable bonds is 2. The fourth-order valence-corrected chi connectivity index (χ4v) is 4.40. The average molecular weight is 285 g/mol. The van der Waals surface area contributed by atoms with Crippen LogP contribution >= 0.6 is 0 Å². The van der Waals surface area contributed by atoms with Crippen LogP contribution in [-0.4, -0.2) is 41.0 Å². The number of aromatic amines is 1. The molecule has 3 atom stereocenters. The Bertz CT molecular complexity index is 709. The van der Waals surface area contributed by atoms with Gasteiger partial charge in [0.05, 0.1) is 0 Å². The third-order valence-corrected chi connectivity index (χ3v) is 5.22. The van der Waals surface area contributed by atoms with Crippen LogP contribution in [0.5, 0.6) is 0 Å².